The van der Waals surface area contributed by atoms with Crippen molar-refractivity contribution in [2.45, 2.75) is 45.4 Å². The first-order valence-corrected chi connectivity index (χ1v) is 5.51. The maximum Gasteiger partial charge on any atom is -0.00191 e. The minimum absolute atomic E-state index is 1.04. The highest BCUT2D eigenvalue weighted by molar-refractivity contribution is 4.67. The quantitative estimate of drug-likeness (QED) is 0.628. The summed E-state index contributed by atoms with van der Waals surface area (Å²) in [5, 5.41) is 0. The summed E-state index contributed by atoms with van der Waals surface area (Å²) in [5.41, 5.74) is 0. The lowest BCUT2D eigenvalue weighted by Crippen LogP contribution is -2.18. The molecule has 12 heavy (non-hydrogen) atoms. The van der Waals surface area contributed by atoms with Crippen LogP contribution in [0.5, 0.6) is 0 Å². The summed E-state index contributed by atoms with van der Waals surface area (Å²) in [6, 6.07) is 0. The molecule has 1 heterocycles. The summed E-state index contributed by atoms with van der Waals surface area (Å²) in [4.78, 5) is 2.48. The van der Waals surface area contributed by atoms with Gasteiger partial charge in [0.15, 0.2) is 0 Å². The van der Waals surface area contributed by atoms with E-state index in [0.717, 1.165) is 5.92 Å². The standard InChI is InChI=1S/C11H23N/c1-3-4-6-11-7-5-9-12(2)10-8-11/h11H,3-10H2,1-2H3. The third-order valence-corrected chi connectivity index (χ3v) is 3.04. The number of hydrogen-bond donors (Lipinski definition) is 0. The van der Waals surface area contributed by atoms with Gasteiger partial charge in [0.05, 0.1) is 0 Å². The number of nitrogens with zero attached hydrogens (tertiary/aromatic N) is 1. The SMILES string of the molecule is CCCCC1CCCN(C)CC1. The molecule has 1 rings (SSSR count). The highest BCUT2D eigenvalue weighted by Crippen LogP contribution is 2.21. The molecule has 1 unspecified atom stereocenters. The second-order valence-electron chi connectivity index (χ2n) is 4.24. The molecule has 1 aliphatic rings. The molecule has 1 nitrogen and oxygen atoms in total. The van der Waals surface area contributed by atoms with Crippen LogP contribution in [0.2, 0.25) is 0 Å². The molecular formula is C11H23N. The van der Waals surface area contributed by atoms with Crippen molar-refractivity contribution in [2.24, 2.45) is 5.92 Å². The molecular weight excluding hydrogens is 146 g/mol. The number of unbranched alkanes of at least 4 members (excludes halogenated alkanes) is 1. The van der Waals surface area contributed by atoms with Gasteiger partial charge in [-0.05, 0) is 45.3 Å². The van der Waals surface area contributed by atoms with Crippen molar-refractivity contribution < 1.29 is 0 Å². The molecule has 0 aromatic heterocycles. The predicted molar refractivity (Wildman–Crippen MR) is 54.4 cm³/mol. The molecule has 0 aromatic rings. The Balaban J connectivity index is 2.17. The summed E-state index contributed by atoms with van der Waals surface area (Å²) < 4.78 is 0. The van der Waals surface area contributed by atoms with Gasteiger partial charge in [0.25, 0.3) is 0 Å². The van der Waals surface area contributed by atoms with Crippen molar-refractivity contribution in [1.82, 2.24) is 4.90 Å². The Morgan fingerprint density at radius 2 is 2.08 bits per heavy atom. The van der Waals surface area contributed by atoms with Gasteiger partial charge < -0.3 is 4.90 Å². The van der Waals surface area contributed by atoms with Gasteiger partial charge in [-0.15, -0.1) is 0 Å². The van der Waals surface area contributed by atoms with Gasteiger partial charge >= 0.3 is 0 Å². The second-order valence-corrected chi connectivity index (χ2v) is 4.24. The van der Waals surface area contributed by atoms with E-state index < -0.39 is 0 Å². The van der Waals surface area contributed by atoms with Gasteiger partial charge in [-0.3, -0.25) is 0 Å². The zero-order chi connectivity index (χ0) is 8.81. The molecule has 0 amide bonds. The lowest BCUT2D eigenvalue weighted by atomic mass is 9.95. The van der Waals surface area contributed by atoms with Crippen molar-refractivity contribution in [3.63, 3.8) is 0 Å². The van der Waals surface area contributed by atoms with Gasteiger partial charge in [0.2, 0.25) is 0 Å². The smallest absolute Gasteiger partial charge is 0.00191 e. The molecule has 0 saturated carbocycles. The molecule has 0 bridgehead atoms. The molecule has 0 aromatic carbocycles. The third kappa shape index (κ3) is 3.57. The average molecular weight is 169 g/mol. The zero-order valence-corrected chi connectivity index (χ0v) is 8.68. The molecule has 1 heteroatoms. The van der Waals surface area contributed by atoms with Crippen molar-refractivity contribution in [3.8, 4) is 0 Å². The largest absolute Gasteiger partial charge is 0.306 e. The fourth-order valence-electron chi connectivity index (χ4n) is 2.09. The average Bonchev–Trinajstić information content (AvgIpc) is 2.27. The molecule has 1 atom stereocenters. The predicted octanol–water partition coefficient (Wildman–Crippen LogP) is 2.91. The minimum Gasteiger partial charge on any atom is -0.306 e. The first kappa shape index (κ1) is 10.0. The van der Waals surface area contributed by atoms with Gasteiger partial charge in [-0.1, -0.05) is 26.2 Å². The van der Waals surface area contributed by atoms with E-state index in [1.807, 2.05) is 0 Å². The van der Waals surface area contributed by atoms with Crippen LogP contribution in [0.25, 0.3) is 0 Å². The van der Waals surface area contributed by atoms with E-state index in [-0.39, 0.29) is 0 Å². The van der Waals surface area contributed by atoms with Crippen molar-refractivity contribution >= 4 is 0 Å². The number of hydrogen-bond acceptors (Lipinski definition) is 1. The van der Waals surface area contributed by atoms with Crippen LogP contribution < -0.4 is 0 Å². The van der Waals surface area contributed by atoms with Crippen molar-refractivity contribution in [3.05, 3.63) is 0 Å². The Morgan fingerprint density at radius 1 is 1.25 bits per heavy atom. The van der Waals surface area contributed by atoms with E-state index in [0.29, 0.717) is 0 Å². The maximum absolute atomic E-state index is 2.48. The van der Waals surface area contributed by atoms with E-state index in [9.17, 15) is 0 Å². The minimum atomic E-state index is 1.04. The van der Waals surface area contributed by atoms with Crippen LogP contribution in [-0.2, 0) is 0 Å². The Bertz CT molecular complexity index is 110. The third-order valence-electron chi connectivity index (χ3n) is 3.04. The van der Waals surface area contributed by atoms with E-state index >= 15 is 0 Å². The van der Waals surface area contributed by atoms with Crippen LogP contribution in [0.3, 0.4) is 0 Å². The monoisotopic (exact) mass is 169 g/mol. The van der Waals surface area contributed by atoms with Crippen LogP contribution in [-0.4, -0.2) is 25.0 Å². The fourth-order valence-corrected chi connectivity index (χ4v) is 2.09. The maximum atomic E-state index is 2.48. The van der Waals surface area contributed by atoms with E-state index in [4.69, 9.17) is 0 Å². The van der Waals surface area contributed by atoms with Gasteiger partial charge in [-0.2, -0.15) is 0 Å². The van der Waals surface area contributed by atoms with E-state index in [1.165, 1.54) is 51.6 Å². The highest BCUT2D eigenvalue weighted by atomic mass is 15.1. The molecule has 72 valence electrons. The molecule has 0 N–H and O–H groups in total. The highest BCUT2D eigenvalue weighted by Gasteiger charge is 2.13. The van der Waals surface area contributed by atoms with Gasteiger partial charge in [-0.25, -0.2) is 0 Å². The van der Waals surface area contributed by atoms with Gasteiger partial charge in [0, 0.05) is 0 Å². The van der Waals surface area contributed by atoms with Crippen molar-refractivity contribution in [2.75, 3.05) is 20.1 Å². The summed E-state index contributed by atoms with van der Waals surface area (Å²) in [5.74, 6) is 1.04. The van der Waals surface area contributed by atoms with Crippen LogP contribution >= 0.6 is 0 Å². The van der Waals surface area contributed by atoms with Gasteiger partial charge in [0.1, 0.15) is 0 Å². The summed E-state index contributed by atoms with van der Waals surface area (Å²) in [6.07, 6.45) is 8.62. The molecule has 0 spiro atoms. The normalized spacial score (nSPS) is 27.0. The van der Waals surface area contributed by atoms with Crippen LogP contribution in [0.15, 0.2) is 0 Å². The molecule has 1 saturated heterocycles. The molecule has 1 fully saturated rings. The Kier molecular flexibility index (Phi) is 4.67. The molecule has 1 aliphatic heterocycles. The summed E-state index contributed by atoms with van der Waals surface area (Å²) in [7, 11) is 2.25. The Morgan fingerprint density at radius 3 is 2.83 bits per heavy atom. The summed E-state index contributed by atoms with van der Waals surface area (Å²) >= 11 is 0. The first-order valence-electron chi connectivity index (χ1n) is 5.51. The lowest BCUT2D eigenvalue weighted by molar-refractivity contribution is 0.337. The van der Waals surface area contributed by atoms with Crippen molar-refractivity contribution in [1.29, 1.82) is 0 Å². The van der Waals surface area contributed by atoms with E-state index in [2.05, 4.69) is 18.9 Å². The topological polar surface area (TPSA) is 3.24 Å². The lowest BCUT2D eigenvalue weighted by Gasteiger charge is -2.14. The second kappa shape index (κ2) is 5.58. The first-order chi connectivity index (χ1) is 5.83. The number of rotatable bonds is 3. The Hall–Kier alpha value is -0.0400. The molecule has 0 aliphatic carbocycles. The van der Waals surface area contributed by atoms with Crippen LogP contribution in [0.4, 0.5) is 0 Å². The van der Waals surface area contributed by atoms with Crippen LogP contribution in [0, 0.1) is 5.92 Å². The van der Waals surface area contributed by atoms with E-state index in [1.54, 1.807) is 0 Å². The number of likely N-dealkylation sites (tertiary alicyclic amines) is 1. The zero-order valence-electron chi connectivity index (χ0n) is 8.68. The molecule has 0 radical (unpaired) electrons. The Labute approximate surface area is 77.1 Å². The fraction of sp³-hybridized carbons (Fsp3) is 1.00. The summed E-state index contributed by atoms with van der Waals surface area (Å²) in [6.45, 7) is 4.94. The van der Waals surface area contributed by atoms with Crippen LogP contribution in [0.1, 0.15) is 45.4 Å².